The van der Waals surface area contributed by atoms with Gasteiger partial charge in [-0.1, -0.05) is 20.8 Å². The van der Waals surface area contributed by atoms with Crippen molar-refractivity contribution in [3.63, 3.8) is 0 Å². The van der Waals surface area contributed by atoms with Gasteiger partial charge >= 0.3 is 0 Å². The maximum Gasteiger partial charge on any atom is 0.133 e. The summed E-state index contributed by atoms with van der Waals surface area (Å²) in [5.41, 5.74) is -0.113. The van der Waals surface area contributed by atoms with Gasteiger partial charge in [-0.3, -0.25) is 4.79 Å². The first-order chi connectivity index (χ1) is 5.41. The molecule has 0 aromatic carbocycles. The van der Waals surface area contributed by atoms with Gasteiger partial charge in [0.25, 0.3) is 0 Å². The summed E-state index contributed by atoms with van der Waals surface area (Å²) in [6, 6.07) is 0. The van der Waals surface area contributed by atoms with Crippen LogP contribution in [-0.4, -0.2) is 17.5 Å². The fourth-order valence-corrected chi connectivity index (χ4v) is 1.84. The Hall–Kier alpha value is -0.370. The Morgan fingerprint density at radius 3 is 2.42 bits per heavy atom. The summed E-state index contributed by atoms with van der Waals surface area (Å²) in [7, 11) is 0. The summed E-state index contributed by atoms with van der Waals surface area (Å²) in [6.07, 6.45) is 2.08. The van der Waals surface area contributed by atoms with Gasteiger partial charge in [-0.2, -0.15) is 0 Å². The Balaban J connectivity index is 2.84. The minimum atomic E-state index is -0.0685. The standard InChI is InChI=1S/C10H18O2/c1-9(2)6-8(12)4-5-10(9,3)7-11/h11H,4-7H2,1-3H3. The van der Waals surface area contributed by atoms with Crippen molar-refractivity contribution in [1.82, 2.24) is 0 Å². The van der Waals surface area contributed by atoms with Gasteiger partial charge in [-0.15, -0.1) is 0 Å². The van der Waals surface area contributed by atoms with Crippen molar-refractivity contribution in [2.75, 3.05) is 6.61 Å². The van der Waals surface area contributed by atoms with Crippen molar-refractivity contribution < 1.29 is 9.90 Å². The molecule has 0 radical (unpaired) electrons. The maximum atomic E-state index is 11.2. The quantitative estimate of drug-likeness (QED) is 0.651. The Kier molecular flexibility index (Phi) is 2.30. The number of aliphatic hydroxyl groups is 1. The molecule has 0 aromatic rings. The molecule has 0 aliphatic heterocycles. The third kappa shape index (κ3) is 1.40. The molecule has 1 unspecified atom stereocenters. The summed E-state index contributed by atoms with van der Waals surface area (Å²) in [5, 5.41) is 9.26. The molecule has 70 valence electrons. The van der Waals surface area contributed by atoms with Gasteiger partial charge in [0, 0.05) is 19.4 Å². The number of hydrogen-bond donors (Lipinski definition) is 1. The number of hydrogen-bond acceptors (Lipinski definition) is 2. The first-order valence-corrected chi connectivity index (χ1v) is 4.54. The lowest BCUT2D eigenvalue weighted by Crippen LogP contribution is -2.43. The predicted octanol–water partition coefficient (Wildman–Crippen LogP) is 1.76. The van der Waals surface area contributed by atoms with Gasteiger partial charge in [-0.25, -0.2) is 0 Å². The summed E-state index contributed by atoms with van der Waals surface area (Å²) in [4.78, 5) is 11.2. The predicted molar refractivity (Wildman–Crippen MR) is 47.8 cm³/mol. The van der Waals surface area contributed by atoms with Gasteiger partial charge in [0.2, 0.25) is 0 Å². The third-order valence-corrected chi connectivity index (χ3v) is 3.58. The molecular weight excluding hydrogens is 152 g/mol. The van der Waals surface area contributed by atoms with Crippen LogP contribution < -0.4 is 0 Å². The molecule has 0 spiro atoms. The maximum absolute atomic E-state index is 11.2. The van der Waals surface area contributed by atoms with Gasteiger partial charge < -0.3 is 5.11 Å². The Bertz CT molecular complexity index is 196. The molecule has 0 bridgehead atoms. The monoisotopic (exact) mass is 170 g/mol. The second kappa shape index (κ2) is 2.84. The minimum Gasteiger partial charge on any atom is -0.396 e. The Morgan fingerprint density at radius 2 is 2.00 bits per heavy atom. The Labute approximate surface area is 74.0 Å². The zero-order chi connectivity index (χ0) is 9.41. The molecule has 0 heterocycles. The molecule has 1 atom stereocenters. The SMILES string of the molecule is CC1(C)CC(=O)CCC1(C)CO. The number of Topliss-reactive ketones (excluding diaryl/α,β-unsaturated/α-hetero) is 1. The fourth-order valence-electron chi connectivity index (χ4n) is 1.84. The van der Waals surface area contributed by atoms with E-state index < -0.39 is 0 Å². The van der Waals surface area contributed by atoms with E-state index in [0.717, 1.165) is 6.42 Å². The van der Waals surface area contributed by atoms with E-state index in [1.54, 1.807) is 0 Å². The molecule has 1 N–H and O–H groups in total. The van der Waals surface area contributed by atoms with E-state index >= 15 is 0 Å². The van der Waals surface area contributed by atoms with Gasteiger partial charge in [0.15, 0.2) is 0 Å². The Morgan fingerprint density at radius 1 is 1.42 bits per heavy atom. The molecule has 0 aromatic heterocycles. The van der Waals surface area contributed by atoms with Gasteiger partial charge in [0.05, 0.1) is 0 Å². The molecular formula is C10H18O2. The molecule has 2 nitrogen and oxygen atoms in total. The van der Waals surface area contributed by atoms with Crippen LogP contribution in [0.1, 0.15) is 40.0 Å². The highest BCUT2D eigenvalue weighted by Gasteiger charge is 2.44. The molecule has 1 fully saturated rings. The van der Waals surface area contributed by atoms with Crippen LogP contribution in [0, 0.1) is 10.8 Å². The average Bonchev–Trinajstić information content (AvgIpc) is 1.97. The van der Waals surface area contributed by atoms with E-state index in [1.165, 1.54) is 0 Å². The first kappa shape index (κ1) is 9.72. The van der Waals surface area contributed by atoms with Crippen LogP contribution in [0.15, 0.2) is 0 Å². The smallest absolute Gasteiger partial charge is 0.133 e. The summed E-state index contributed by atoms with van der Waals surface area (Å²) < 4.78 is 0. The molecule has 1 aliphatic carbocycles. The van der Waals surface area contributed by atoms with Crippen LogP contribution in [0.2, 0.25) is 0 Å². The third-order valence-electron chi connectivity index (χ3n) is 3.58. The van der Waals surface area contributed by atoms with E-state index in [1.807, 2.05) is 0 Å². The largest absolute Gasteiger partial charge is 0.396 e. The average molecular weight is 170 g/mol. The number of carbonyl (C=O) groups excluding carboxylic acids is 1. The van der Waals surface area contributed by atoms with Crippen molar-refractivity contribution in [3.05, 3.63) is 0 Å². The number of aliphatic hydroxyl groups excluding tert-OH is 1. The normalized spacial score (nSPS) is 35.2. The van der Waals surface area contributed by atoms with E-state index in [0.29, 0.717) is 18.6 Å². The molecule has 0 saturated heterocycles. The number of ketones is 1. The minimum absolute atomic E-state index is 0.0446. The van der Waals surface area contributed by atoms with E-state index in [4.69, 9.17) is 0 Å². The molecule has 1 aliphatic rings. The van der Waals surface area contributed by atoms with Crippen molar-refractivity contribution in [3.8, 4) is 0 Å². The highest BCUT2D eigenvalue weighted by molar-refractivity contribution is 5.80. The van der Waals surface area contributed by atoms with E-state index in [-0.39, 0.29) is 17.4 Å². The van der Waals surface area contributed by atoms with Crippen molar-refractivity contribution in [2.45, 2.75) is 40.0 Å². The van der Waals surface area contributed by atoms with Crippen LogP contribution in [0.4, 0.5) is 0 Å². The van der Waals surface area contributed by atoms with Crippen molar-refractivity contribution >= 4 is 5.78 Å². The van der Waals surface area contributed by atoms with E-state index in [2.05, 4.69) is 20.8 Å². The molecule has 1 saturated carbocycles. The zero-order valence-corrected chi connectivity index (χ0v) is 8.18. The van der Waals surface area contributed by atoms with Crippen LogP contribution in [0.5, 0.6) is 0 Å². The zero-order valence-electron chi connectivity index (χ0n) is 8.18. The van der Waals surface area contributed by atoms with Crippen LogP contribution >= 0.6 is 0 Å². The van der Waals surface area contributed by atoms with Gasteiger partial charge in [-0.05, 0) is 17.3 Å². The van der Waals surface area contributed by atoms with Crippen LogP contribution in [-0.2, 0) is 4.79 Å². The molecule has 12 heavy (non-hydrogen) atoms. The second-order valence-corrected chi connectivity index (χ2v) is 4.82. The fraction of sp³-hybridized carbons (Fsp3) is 0.900. The molecule has 0 amide bonds. The lowest BCUT2D eigenvalue weighted by molar-refractivity contribution is -0.130. The summed E-state index contributed by atoms with van der Waals surface area (Å²) in [5.74, 6) is 0.339. The highest BCUT2D eigenvalue weighted by Crippen LogP contribution is 2.48. The second-order valence-electron chi connectivity index (χ2n) is 4.82. The number of carbonyl (C=O) groups is 1. The molecule has 1 rings (SSSR count). The van der Waals surface area contributed by atoms with Crippen LogP contribution in [0.3, 0.4) is 0 Å². The molecule has 2 heteroatoms. The number of rotatable bonds is 1. The summed E-state index contributed by atoms with van der Waals surface area (Å²) >= 11 is 0. The van der Waals surface area contributed by atoms with E-state index in [9.17, 15) is 9.90 Å². The lowest BCUT2D eigenvalue weighted by Gasteiger charge is -2.46. The van der Waals surface area contributed by atoms with Gasteiger partial charge in [0.1, 0.15) is 5.78 Å². The lowest BCUT2D eigenvalue weighted by atomic mass is 9.59. The first-order valence-electron chi connectivity index (χ1n) is 4.54. The highest BCUT2D eigenvalue weighted by atomic mass is 16.3. The van der Waals surface area contributed by atoms with Crippen molar-refractivity contribution in [1.29, 1.82) is 0 Å². The van der Waals surface area contributed by atoms with Crippen molar-refractivity contribution in [2.24, 2.45) is 10.8 Å². The summed E-state index contributed by atoms with van der Waals surface area (Å²) in [6.45, 7) is 6.40. The topological polar surface area (TPSA) is 37.3 Å². The van der Waals surface area contributed by atoms with Crippen LogP contribution in [0.25, 0.3) is 0 Å².